The van der Waals surface area contributed by atoms with Crippen LogP contribution in [0.5, 0.6) is 11.5 Å². The standard InChI is InChI=1S/C50H55N7O/c1-47(2,3)31-21-22-38-35(26-31)36-28-37(44-52-45(49(7,8)9)54-46(53-44)50(10,11)12)42(29-41(36)57(38)43-20-16-17-23-51-43)58-34-25-32(48(4,5)6)24-33(27-34)56-30-55(13)39-18-14-15-19-40(39)56/h14-29H,1-13H3/q+2. The quantitative estimate of drug-likeness (QED) is 0.163. The second kappa shape index (κ2) is 13.6. The van der Waals surface area contributed by atoms with Crippen molar-refractivity contribution in [1.82, 2.24) is 29.1 Å². The summed E-state index contributed by atoms with van der Waals surface area (Å²) in [4.78, 5) is 20.3. The predicted octanol–water partition coefficient (Wildman–Crippen LogP) is 12.3. The first-order chi connectivity index (χ1) is 27.2. The van der Waals surface area contributed by atoms with Gasteiger partial charge in [-0.15, -0.1) is 0 Å². The lowest BCUT2D eigenvalue weighted by atomic mass is 9.86. The van der Waals surface area contributed by atoms with Crippen LogP contribution < -0.4 is 9.31 Å². The van der Waals surface area contributed by atoms with Gasteiger partial charge in [-0.25, -0.2) is 19.9 Å². The van der Waals surface area contributed by atoms with Crippen molar-refractivity contribution in [1.29, 1.82) is 0 Å². The van der Waals surface area contributed by atoms with E-state index in [0.717, 1.165) is 67.5 Å². The molecule has 8 nitrogen and oxygen atoms in total. The van der Waals surface area contributed by atoms with Crippen molar-refractivity contribution >= 4 is 44.9 Å². The molecule has 0 unspecified atom stereocenters. The number of hydrogen-bond donors (Lipinski definition) is 0. The summed E-state index contributed by atoms with van der Waals surface area (Å²) in [6, 6.07) is 35.6. The lowest BCUT2D eigenvalue weighted by molar-refractivity contribution is -0.394. The number of benzene rings is 4. The maximum Gasteiger partial charge on any atom is 0.496 e. The van der Waals surface area contributed by atoms with Crippen molar-refractivity contribution in [2.75, 3.05) is 7.05 Å². The largest absolute Gasteiger partial charge is 0.496 e. The van der Waals surface area contributed by atoms with Gasteiger partial charge in [-0.1, -0.05) is 112 Å². The first-order valence-corrected chi connectivity index (χ1v) is 20.2. The highest BCUT2D eigenvalue weighted by Gasteiger charge is 2.34. The summed E-state index contributed by atoms with van der Waals surface area (Å²) in [5, 5.41) is 2.19. The predicted molar refractivity (Wildman–Crippen MR) is 237 cm³/mol. The van der Waals surface area contributed by atoms with Gasteiger partial charge in [-0.2, -0.15) is 0 Å². The Kier molecular flexibility index (Phi) is 9.09. The molecule has 7 aromatic rings. The van der Waals surface area contributed by atoms with Crippen LogP contribution >= 0.6 is 0 Å². The molecule has 0 atom stereocenters. The fraction of sp³-hybridized carbons (Fsp3) is 0.340. The second-order valence-corrected chi connectivity index (χ2v) is 19.7. The zero-order valence-electron chi connectivity index (χ0n) is 36.3. The van der Waals surface area contributed by atoms with E-state index >= 15 is 0 Å². The molecule has 294 valence electrons. The molecule has 8 heteroatoms. The van der Waals surface area contributed by atoms with Crippen LogP contribution in [0.2, 0.25) is 0 Å². The number of ether oxygens (including phenoxy) is 1. The first kappa shape index (κ1) is 38.9. The summed E-state index contributed by atoms with van der Waals surface area (Å²) >= 11 is 0. The van der Waals surface area contributed by atoms with E-state index < -0.39 is 0 Å². The number of para-hydroxylation sites is 2. The third kappa shape index (κ3) is 7.11. The Morgan fingerprint density at radius 2 is 1.22 bits per heavy atom. The summed E-state index contributed by atoms with van der Waals surface area (Å²) in [5.74, 6) is 4.22. The molecular weight excluding hydrogens is 715 g/mol. The Labute approximate surface area is 342 Å². The van der Waals surface area contributed by atoms with Crippen molar-refractivity contribution in [3.8, 4) is 28.7 Å². The molecule has 0 fully saturated rings. The van der Waals surface area contributed by atoms with E-state index in [1.807, 2.05) is 30.0 Å². The molecule has 4 aromatic carbocycles. The Bertz CT molecular complexity index is 2800. The molecule has 0 saturated heterocycles. The third-order valence-corrected chi connectivity index (χ3v) is 10.8. The number of nitrogens with zero attached hydrogens (tertiary/aromatic N) is 7. The molecule has 0 amide bonds. The number of pyridine rings is 1. The topological polar surface area (TPSA) is 71.7 Å². The van der Waals surface area contributed by atoms with Crippen LogP contribution in [0.25, 0.3) is 39.0 Å². The van der Waals surface area contributed by atoms with Gasteiger partial charge in [-0.3, -0.25) is 4.57 Å². The fourth-order valence-electron chi connectivity index (χ4n) is 7.39. The van der Waals surface area contributed by atoms with E-state index in [1.54, 1.807) is 0 Å². The molecule has 3 aromatic heterocycles. The molecule has 1 aliphatic heterocycles. The summed E-state index contributed by atoms with van der Waals surface area (Å²) < 4.78 is 13.6. The summed E-state index contributed by atoms with van der Waals surface area (Å²) in [6.07, 6.45) is 1.84. The molecule has 0 radical (unpaired) electrons. The molecule has 0 N–H and O–H groups in total. The molecule has 0 bridgehead atoms. The van der Waals surface area contributed by atoms with Gasteiger partial charge in [0.2, 0.25) is 5.69 Å². The Morgan fingerprint density at radius 3 is 1.84 bits per heavy atom. The minimum absolute atomic E-state index is 0.0494. The van der Waals surface area contributed by atoms with Gasteiger partial charge in [0.25, 0.3) is 11.4 Å². The minimum Gasteiger partial charge on any atom is -0.456 e. The Balaban J connectivity index is 1.45. The summed E-state index contributed by atoms with van der Waals surface area (Å²) in [5.41, 5.74) is 7.48. The van der Waals surface area contributed by atoms with Gasteiger partial charge >= 0.3 is 6.01 Å². The van der Waals surface area contributed by atoms with Gasteiger partial charge in [0, 0.05) is 52.1 Å². The summed E-state index contributed by atoms with van der Waals surface area (Å²) in [7, 11) is 2.03. The molecule has 0 spiro atoms. The van der Waals surface area contributed by atoms with E-state index in [1.165, 1.54) is 5.56 Å². The zero-order chi connectivity index (χ0) is 41.5. The van der Waals surface area contributed by atoms with Crippen LogP contribution in [-0.2, 0) is 21.7 Å². The summed E-state index contributed by atoms with van der Waals surface area (Å²) in [6.45, 7) is 26.3. The molecular formula is C50H55N7O+2. The maximum absolute atomic E-state index is 7.24. The van der Waals surface area contributed by atoms with Crippen LogP contribution in [0.1, 0.15) is 106 Å². The van der Waals surface area contributed by atoms with Crippen molar-refractivity contribution in [2.24, 2.45) is 0 Å². The fourth-order valence-corrected chi connectivity index (χ4v) is 7.39. The van der Waals surface area contributed by atoms with Crippen LogP contribution in [-0.4, -0.2) is 42.1 Å². The first-order valence-electron chi connectivity index (χ1n) is 20.2. The monoisotopic (exact) mass is 769 g/mol. The van der Waals surface area contributed by atoms with E-state index in [-0.39, 0.29) is 21.7 Å². The van der Waals surface area contributed by atoms with Crippen LogP contribution in [0, 0.1) is 0 Å². The highest BCUT2D eigenvalue weighted by atomic mass is 16.5. The smallest absolute Gasteiger partial charge is 0.456 e. The number of aromatic nitrogens is 5. The Hall–Kier alpha value is -5.98. The average Bonchev–Trinajstić information content (AvgIpc) is 3.66. The highest BCUT2D eigenvalue weighted by Crippen LogP contribution is 2.44. The molecule has 4 heterocycles. The van der Waals surface area contributed by atoms with E-state index in [9.17, 15) is 0 Å². The van der Waals surface area contributed by atoms with Crippen molar-refractivity contribution in [2.45, 2.75) is 105 Å². The SMILES string of the molecule is C[N+]1=C=[N+](c2cc(Oc3cc4c(cc3-c3nc(C(C)(C)C)nc(C(C)(C)C)n3)c3cc(C(C)(C)C)ccc3n4-c3ccccn3)cc(C(C)(C)C)c2)c2ccccc21. The van der Waals surface area contributed by atoms with Gasteiger partial charge in [0.15, 0.2) is 12.9 Å². The molecule has 8 rings (SSSR count). The van der Waals surface area contributed by atoms with Crippen LogP contribution in [0.15, 0.2) is 97.2 Å². The molecule has 58 heavy (non-hydrogen) atoms. The number of hydrogen-bond acceptors (Lipinski definition) is 5. The maximum atomic E-state index is 7.24. The number of fused-ring (bicyclic) bond motifs is 4. The van der Waals surface area contributed by atoms with Gasteiger partial charge in [0.05, 0.1) is 22.7 Å². The van der Waals surface area contributed by atoms with E-state index in [2.05, 4.69) is 177 Å². The van der Waals surface area contributed by atoms with Crippen molar-refractivity contribution < 1.29 is 9.31 Å². The molecule has 0 aliphatic carbocycles. The van der Waals surface area contributed by atoms with E-state index in [4.69, 9.17) is 24.7 Å². The third-order valence-electron chi connectivity index (χ3n) is 10.8. The van der Waals surface area contributed by atoms with Gasteiger partial charge in [0.1, 0.15) is 29.0 Å². The minimum atomic E-state index is -0.318. The van der Waals surface area contributed by atoms with Gasteiger partial charge < -0.3 is 4.74 Å². The van der Waals surface area contributed by atoms with Crippen LogP contribution in [0.3, 0.4) is 0 Å². The van der Waals surface area contributed by atoms with Gasteiger partial charge in [-0.05, 0) is 62.9 Å². The zero-order valence-corrected chi connectivity index (χ0v) is 36.3. The Morgan fingerprint density at radius 1 is 0.586 bits per heavy atom. The average molecular weight is 770 g/mol. The molecule has 0 saturated carbocycles. The molecule has 1 aliphatic rings. The second-order valence-electron chi connectivity index (χ2n) is 19.7. The van der Waals surface area contributed by atoms with E-state index in [0.29, 0.717) is 17.3 Å². The van der Waals surface area contributed by atoms with Crippen LogP contribution in [0.4, 0.5) is 17.1 Å². The lowest BCUT2D eigenvalue weighted by Crippen LogP contribution is -2.24. The normalized spacial score (nSPS) is 13.5. The van der Waals surface area contributed by atoms with Crippen molar-refractivity contribution in [3.05, 3.63) is 120 Å². The number of rotatable bonds is 5. The highest BCUT2D eigenvalue weighted by molar-refractivity contribution is 6.11. The van der Waals surface area contributed by atoms with Crippen molar-refractivity contribution in [3.63, 3.8) is 0 Å². The lowest BCUT2D eigenvalue weighted by Gasteiger charge is -2.23.